The lowest BCUT2D eigenvalue weighted by Crippen LogP contribution is -2.21. The number of rotatable bonds is 7. The zero-order valence-electron chi connectivity index (χ0n) is 16.4. The van der Waals surface area contributed by atoms with Crippen molar-refractivity contribution in [1.29, 1.82) is 0 Å². The largest absolute Gasteiger partial charge is 0.465 e. The number of nitrogens with one attached hydrogen (secondary N) is 1. The molecule has 0 unspecified atom stereocenters. The van der Waals surface area contributed by atoms with Crippen LogP contribution in [0.5, 0.6) is 0 Å². The predicted octanol–water partition coefficient (Wildman–Crippen LogP) is 2.78. The molecule has 1 aromatic carbocycles. The first-order valence-electron chi connectivity index (χ1n) is 8.60. The van der Waals surface area contributed by atoms with E-state index < -0.39 is 27.8 Å². The standard InChI is InChI=1S/C19H21FN2O6S/c1-5-6-13-15(18(23)27-2)14(11-7-9-12(20)10-8-11)16(19(24)28-3)17(21-13)22-29(4,25)26/h7-10H,5-6H2,1-4H3,(H,21,22). The number of benzene rings is 1. The summed E-state index contributed by atoms with van der Waals surface area (Å²) >= 11 is 0. The second kappa shape index (κ2) is 8.99. The summed E-state index contributed by atoms with van der Waals surface area (Å²) in [4.78, 5) is 29.4. The van der Waals surface area contributed by atoms with E-state index in [1.165, 1.54) is 19.2 Å². The number of ether oxygens (including phenoxy) is 2. The molecule has 0 spiro atoms. The van der Waals surface area contributed by atoms with Gasteiger partial charge < -0.3 is 9.47 Å². The first-order chi connectivity index (χ1) is 13.6. The first kappa shape index (κ1) is 22.3. The van der Waals surface area contributed by atoms with Crippen molar-refractivity contribution in [2.45, 2.75) is 19.8 Å². The minimum Gasteiger partial charge on any atom is -0.465 e. The Bertz CT molecular complexity index is 1040. The fourth-order valence-corrected chi connectivity index (χ4v) is 3.33. The van der Waals surface area contributed by atoms with Gasteiger partial charge in [0, 0.05) is 5.56 Å². The maximum Gasteiger partial charge on any atom is 0.342 e. The normalized spacial score (nSPS) is 11.1. The third-order valence-corrected chi connectivity index (χ3v) is 4.52. The van der Waals surface area contributed by atoms with Gasteiger partial charge in [-0.1, -0.05) is 25.5 Å². The molecule has 156 valence electrons. The average molecular weight is 424 g/mol. The van der Waals surface area contributed by atoms with Crippen LogP contribution in [0, 0.1) is 5.82 Å². The van der Waals surface area contributed by atoms with Crippen LogP contribution in [0.4, 0.5) is 10.2 Å². The molecular formula is C19H21FN2O6S. The van der Waals surface area contributed by atoms with Crippen LogP contribution in [0.25, 0.3) is 11.1 Å². The highest BCUT2D eigenvalue weighted by molar-refractivity contribution is 7.92. The molecule has 2 rings (SSSR count). The van der Waals surface area contributed by atoms with E-state index in [0.717, 1.165) is 25.5 Å². The molecule has 0 fully saturated rings. The molecule has 0 aliphatic heterocycles. The summed E-state index contributed by atoms with van der Waals surface area (Å²) in [6.45, 7) is 1.85. The molecule has 2 aromatic rings. The molecule has 0 saturated carbocycles. The molecular weight excluding hydrogens is 403 g/mol. The van der Waals surface area contributed by atoms with E-state index in [9.17, 15) is 22.4 Å². The Labute approximate surface area is 168 Å². The Balaban J connectivity index is 3.04. The number of carbonyl (C=O) groups excluding carboxylic acids is 2. The maximum atomic E-state index is 13.5. The number of aromatic nitrogens is 1. The molecule has 0 bridgehead atoms. The number of hydrogen-bond acceptors (Lipinski definition) is 7. The van der Waals surface area contributed by atoms with Gasteiger partial charge in [0.2, 0.25) is 10.0 Å². The topological polar surface area (TPSA) is 112 Å². The Morgan fingerprint density at radius 3 is 2.10 bits per heavy atom. The molecule has 0 saturated heterocycles. The maximum absolute atomic E-state index is 13.5. The van der Waals surface area contributed by atoms with E-state index in [1.54, 1.807) is 0 Å². The summed E-state index contributed by atoms with van der Waals surface area (Å²) in [7, 11) is -1.53. The Morgan fingerprint density at radius 2 is 1.62 bits per heavy atom. The second-order valence-corrected chi connectivity index (χ2v) is 7.89. The van der Waals surface area contributed by atoms with Gasteiger partial charge in [0.1, 0.15) is 11.4 Å². The van der Waals surface area contributed by atoms with Crippen LogP contribution in [-0.2, 0) is 25.9 Å². The second-order valence-electron chi connectivity index (χ2n) is 6.15. The highest BCUT2D eigenvalue weighted by atomic mass is 32.2. The quantitative estimate of drug-likeness (QED) is 0.680. The fourth-order valence-electron chi connectivity index (χ4n) is 2.83. The predicted molar refractivity (Wildman–Crippen MR) is 105 cm³/mol. The SMILES string of the molecule is CCCc1nc(NS(C)(=O)=O)c(C(=O)OC)c(-c2ccc(F)cc2)c1C(=O)OC. The summed E-state index contributed by atoms with van der Waals surface area (Å²) in [6, 6.07) is 5.04. The smallest absolute Gasteiger partial charge is 0.342 e. The van der Waals surface area contributed by atoms with E-state index in [-0.39, 0.29) is 28.2 Å². The van der Waals surface area contributed by atoms with Crippen molar-refractivity contribution >= 4 is 27.8 Å². The van der Waals surface area contributed by atoms with Crippen LogP contribution in [-0.4, -0.2) is 45.8 Å². The highest BCUT2D eigenvalue weighted by Crippen LogP contribution is 2.35. The Morgan fingerprint density at radius 1 is 1.07 bits per heavy atom. The highest BCUT2D eigenvalue weighted by Gasteiger charge is 2.30. The summed E-state index contributed by atoms with van der Waals surface area (Å²) in [6.07, 6.45) is 1.79. The van der Waals surface area contributed by atoms with Crippen molar-refractivity contribution in [2.75, 3.05) is 25.2 Å². The van der Waals surface area contributed by atoms with Gasteiger partial charge in [-0.05, 0) is 24.1 Å². The van der Waals surface area contributed by atoms with Crippen LogP contribution in [0.1, 0.15) is 39.8 Å². The molecule has 0 aliphatic rings. The van der Waals surface area contributed by atoms with Crippen LogP contribution in [0.15, 0.2) is 24.3 Å². The lowest BCUT2D eigenvalue weighted by molar-refractivity contribution is 0.0599. The molecule has 29 heavy (non-hydrogen) atoms. The van der Waals surface area contributed by atoms with Crippen molar-refractivity contribution in [1.82, 2.24) is 4.98 Å². The van der Waals surface area contributed by atoms with E-state index in [1.807, 2.05) is 6.92 Å². The van der Waals surface area contributed by atoms with E-state index >= 15 is 0 Å². The minimum atomic E-state index is -3.81. The monoisotopic (exact) mass is 424 g/mol. The molecule has 1 N–H and O–H groups in total. The summed E-state index contributed by atoms with van der Waals surface area (Å²) < 4.78 is 49.1. The van der Waals surface area contributed by atoms with Gasteiger partial charge in [0.25, 0.3) is 0 Å². The van der Waals surface area contributed by atoms with Crippen LogP contribution >= 0.6 is 0 Å². The number of sulfonamides is 1. The number of methoxy groups -OCH3 is 2. The molecule has 0 radical (unpaired) electrons. The summed E-state index contributed by atoms with van der Waals surface area (Å²) in [5.41, 5.74) is 0.291. The number of carbonyl (C=O) groups is 2. The average Bonchev–Trinajstić information content (AvgIpc) is 2.66. The van der Waals surface area contributed by atoms with Crippen LogP contribution in [0.3, 0.4) is 0 Å². The zero-order valence-corrected chi connectivity index (χ0v) is 17.2. The molecule has 0 atom stereocenters. The third-order valence-electron chi connectivity index (χ3n) is 3.95. The number of esters is 2. The number of nitrogens with zero attached hydrogens (tertiary/aromatic N) is 1. The number of anilines is 1. The summed E-state index contributed by atoms with van der Waals surface area (Å²) in [5.74, 6) is -2.49. The van der Waals surface area contributed by atoms with Gasteiger partial charge in [-0.2, -0.15) is 0 Å². The Hall–Kier alpha value is -3.01. The van der Waals surface area contributed by atoms with Crippen LogP contribution < -0.4 is 4.72 Å². The van der Waals surface area contributed by atoms with E-state index in [4.69, 9.17) is 9.47 Å². The number of halogens is 1. The van der Waals surface area contributed by atoms with Crippen LogP contribution in [0.2, 0.25) is 0 Å². The molecule has 0 aliphatic carbocycles. The first-order valence-corrected chi connectivity index (χ1v) is 10.5. The van der Waals surface area contributed by atoms with Gasteiger partial charge in [-0.3, -0.25) is 4.72 Å². The summed E-state index contributed by atoms with van der Waals surface area (Å²) in [5, 5.41) is 0. The number of hydrogen-bond donors (Lipinski definition) is 1. The fraction of sp³-hybridized carbons (Fsp3) is 0.316. The van der Waals surface area contributed by atoms with Gasteiger partial charge in [-0.25, -0.2) is 27.4 Å². The van der Waals surface area contributed by atoms with Gasteiger partial charge in [0.15, 0.2) is 5.82 Å². The molecule has 8 nitrogen and oxygen atoms in total. The van der Waals surface area contributed by atoms with Crippen molar-refractivity contribution in [2.24, 2.45) is 0 Å². The lowest BCUT2D eigenvalue weighted by atomic mass is 9.92. The van der Waals surface area contributed by atoms with Gasteiger partial charge in [-0.15, -0.1) is 0 Å². The van der Waals surface area contributed by atoms with Gasteiger partial charge in [0.05, 0.1) is 31.7 Å². The minimum absolute atomic E-state index is 0.0135. The molecule has 1 aromatic heterocycles. The van der Waals surface area contributed by atoms with Crippen molar-refractivity contribution in [3.05, 3.63) is 46.9 Å². The lowest BCUT2D eigenvalue weighted by Gasteiger charge is -2.19. The van der Waals surface area contributed by atoms with Crippen molar-refractivity contribution in [3.63, 3.8) is 0 Å². The number of pyridine rings is 1. The van der Waals surface area contributed by atoms with E-state index in [2.05, 4.69) is 9.71 Å². The number of aryl methyl sites for hydroxylation is 1. The van der Waals surface area contributed by atoms with Crippen molar-refractivity contribution in [3.8, 4) is 11.1 Å². The molecule has 1 heterocycles. The molecule has 0 amide bonds. The Kier molecular flexibility index (Phi) is 6.91. The molecule has 10 heteroatoms. The zero-order chi connectivity index (χ0) is 21.8. The van der Waals surface area contributed by atoms with Gasteiger partial charge >= 0.3 is 11.9 Å². The van der Waals surface area contributed by atoms with E-state index in [0.29, 0.717) is 18.4 Å². The third kappa shape index (κ3) is 5.08. The van der Waals surface area contributed by atoms with Crippen molar-refractivity contribution < 1.29 is 31.9 Å².